The lowest BCUT2D eigenvalue weighted by atomic mass is 10.0. The van der Waals surface area contributed by atoms with Crippen LogP contribution in [0.3, 0.4) is 0 Å². The summed E-state index contributed by atoms with van der Waals surface area (Å²) in [7, 11) is 1.69. The van der Waals surface area contributed by atoms with Gasteiger partial charge in [0.05, 0.1) is 5.60 Å². The molecule has 6 heteroatoms. The number of aliphatic imine (C=N–C) groups is 1. The van der Waals surface area contributed by atoms with E-state index in [4.69, 9.17) is 4.74 Å². The van der Waals surface area contributed by atoms with Gasteiger partial charge in [-0.2, -0.15) is 0 Å². The van der Waals surface area contributed by atoms with Crippen LogP contribution in [0.2, 0.25) is 0 Å². The SMILES string of the molecule is CN=C(NCCc1cc(F)cc(F)c1)NCC1(C)CCCO1. The first-order chi connectivity index (χ1) is 10.5. The van der Waals surface area contributed by atoms with Gasteiger partial charge >= 0.3 is 0 Å². The van der Waals surface area contributed by atoms with E-state index in [0.717, 1.165) is 25.5 Å². The highest BCUT2D eigenvalue weighted by Crippen LogP contribution is 2.23. The van der Waals surface area contributed by atoms with Gasteiger partial charge in [0, 0.05) is 32.8 Å². The maximum atomic E-state index is 13.1. The maximum Gasteiger partial charge on any atom is 0.191 e. The molecule has 22 heavy (non-hydrogen) atoms. The quantitative estimate of drug-likeness (QED) is 0.647. The summed E-state index contributed by atoms with van der Waals surface area (Å²) in [4.78, 5) is 4.14. The fraction of sp³-hybridized carbons (Fsp3) is 0.562. The summed E-state index contributed by atoms with van der Waals surface area (Å²) in [6.07, 6.45) is 2.62. The molecular formula is C16H23F2N3O. The number of halogens is 2. The second-order valence-electron chi connectivity index (χ2n) is 5.78. The molecule has 2 rings (SSSR count). The number of hydrogen-bond donors (Lipinski definition) is 2. The van der Waals surface area contributed by atoms with Crippen molar-refractivity contribution < 1.29 is 13.5 Å². The third-order valence-corrected chi connectivity index (χ3v) is 3.78. The number of guanidine groups is 1. The van der Waals surface area contributed by atoms with Crippen molar-refractivity contribution in [2.45, 2.75) is 31.8 Å². The second-order valence-corrected chi connectivity index (χ2v) is 5.78. The van der Waals surface area contributed by atoms with E-state index < -0.39 is 11.6 Å². The number of nitrogens with zero attached hydrogens (tertiary/aromatic N) is 1. The monoisotopic (exact) mass is 311 g/mol. The fourth-order valence-electron chi connectivity index (χ4n) is 2.55. The van der Waals surface area contributed by atoms with Gasteiger partial charge in [-0.1, -0.05) is 0 Å². The minimum atomic E-state index is -0.552. The Morgan fingerprint density at radius 3 is 2.59 bits per heavy atom. The Kier molecular flexibility index (Phi) is 5.71. The van der Waals surface area contributed by atoms with Gasteiger partial charge in [0.15, 0.2) is 5.96 Å². The van der Waals surface area contributed by atoms with Gasteiger partial charge in [-0.3, -0.25) is 4.99 Å². The molecule has 0 bridgehead atoms. The zero-order valence-electron chi connectivity index (χ0n) is 13.1. The number of ether oxygens (including phenoxy) is 1. The molecule has 4 nitrogen and oxygen atoms in total. The van der Waals surface area contributed by atoms with Crippen LogP contribution >= 0.6 is 0 Å². The van der Waals surface area contributed by atoms with Gasteiger partial charge in [0.2, 0.25) is 0 Å². The van der Waals surface area contributed by atoms with Crippen molar-refractivity contribution in [2.24, 2.45) is 4.99 Å². The van der Waals surface area contributed by atoms with Crippen LogP contribution in [0, 0.1) is 11.6 Å². The molecule has 2 N–H and O–H groups in total. The predicted octanol–water partition coefficient (Wildman–Crippen LogP) is 2.24. The Balaban J connectivity index is 1.76. The number of rotatable bonds is 5. The lowest BCUT2D eigenvalue weighted by Gasteiger charge is -2.24. The molecule has 1 atom stereocenters. The molecule has 0 radical (unpaired) electrons. The predicted molar refractivity (Wildman–Crippen MR) is 83.0 cm³/mol. The van der Waals surface area contributed by atoms with Gasteiger partial charge in [-0.05, 0) is 43.9 Å². The summed E-state index contributed by atoms with van der Waals surface area (Å²) in [5.41, 5.74) is 0.468. The highest BCUT2D eigenvalue weighted by molar-refractivity contribution is 5.79. The van der Waals surface area contributed by atoms with E-state index >= 15 is 0 Å². The Hall–Kier alpha value is -1.69. The Morgan fingerprint density at radius 1 is 1.27 bits per heavy atom. The first kappa shape index (κ1) is 16.7. The van der Waals surface area contributed by atoms with E-state index in [1.807, 2.05) is 0 Å². The molecule has 0 aliphatic carbocycles. The summed E-state index contributed by atoms with van der Waals surface area (Å²) in [5, 5.41) is 6.36. The number of benzene rings is 1. The van der Waals surface area contributed by atoms with Crippen LogP contribution < -0.4 is 10.6 Å². The average molecular weight is 311 g/mol. The number of hydrogen-bond acceptors (Lipinski definition) is 2. The smallest absolute Gasteiger partial charge is 0.191 e. The molecule has 0 saturated carbocycles. The zero-order chi connectivity index (χ0) is 16.0. The lowest BCUT2D eigenvalue weighted by Crippen LogP contribution is -2.45. The Bertz CT molecular complexity index is 508. The molecule has 1 fully saturated rings. The van der Waals surface area contributed by atoms with E-state index in [0.29, 0.717) is 31.0 Å². The Morgan fingerprint density at radius 2 is 2.00 bits per heavy atom. The van der Waals surface area contributed by atoms with Crippen LogP contribution in [-0.4, -0.2) is 38.3 Å². The lowest BCUT2D eigenvalue weighted by molar-refractivity contribution is 0.0243. The molecule has 1 aliphatic rings. The maximum absolute atomic E-state index is 13.1. The minimum absolute atomic E-state index is 0.149. The van der Waals surface area contributed by atoms with E-state index in [1.165, 1.54) is 12.1 Å². The molecule has 1 aromatic carbocycles. The van der Waals surface area contributed by atoms with Crippen LogP contribution in [0.1, 0.15) is 25.3 Å². The van der Waals surface area contributed by atoms with Crippen molar-refractivity contribution >= 4 is 5.96 Å². The molecule has 1 unspecified atom stereocenters. The van der Waals surface area contributed by atoms with Crippen molar-refractivity contribution in [1.29, 1.82) is 0 Å². The summed E-state index contributed by atoms with van der Waals surface area (Å²) in [6.45, 7) is 4.10. The number of nitrogens with one attached hydrogen (secondary N) is 2. The molecule has 1 saturated heterocycles. The highest BCUT2D eigenvalue weighted by Gasteiger charge is 2.29. The average Bonchev–Trinajstić information content (AvgIpc) is 2.89. The van der Waals surface area contributed by atoms with Gasteiger partial charge in [0.1, 0.15) is 11.6 Å². The van der Waals surface area contributed by atoms with Crippen LogP contribution in [0.5, 0.6) is 0 Å². The first-order valence-electron chi connectivity index (χ1n) is 7.54. The molecular weight excluding hydrogens is 288 g/mol. The van der Waals surface area contributed by atoms with Crippen LogP contribution in [0.15, 0.2) is 23.2 Å². The summed E-state index contributed by atoms with van der Waals surface area (Å²) in [6, 6.07) is 3.56. The molecule has 1 heterocycles. The van der Waals surface area contributed by atoms with Crippen molar-refractivity contribution in [3.63, 3.8) is 0 Å². The van der Waals surface area contributed by atoms with Gasteiger partial charge in [0.25, 0.3) is 0 Å². The van der Waals surface area contributed by atoms with E-state index in [9.17, 15) is 8.78 Å². The van der Waals surface area contributed by atoms with Gasteiger partial charge < -0.3 is 15.4 Å². The third kappa shape index (κ3) is 4.94. The minimum Gasteiger partial charge on any atom is -0.373 e. The van der Waals surface area contributed by atoms with Crippen LogP contribution in [-0.2, 0) is 11.2 Å². The molecule has 1 aromatic rings. The van der Waals surface area contributed by atoms with Crippen molar-refractivity contribution in [3.05, 3.63) is 35.4 Å². The molecule has 0 aromatic heterocycles. The summed E-state index contributed by atoms with van der Waals surface area (Å²) in [5.74, 6) is -0.443. The van der Waals surface area contributed by atoms with Crippen LogP contribution in [0.4, 0.5) is 8.78 Å². The summed E-state index contributed by atoms with van der Waals surface area (Å²) < 4.78 is 31.9. The van der Waals surface area contributed by atoms with Gasteiger partial charge in [-0.15, -0.1) is 0 Å². The fourth-order valence-corrected chi connectivity index (χ4v) is 2.55. The largest absolute Gasteiger partial charge is 0.373 e. The molecule has 122 valence electrons. The topological polar surface area (TPSA) is 45.7 Å². The zero-order valence-corrected chi connectivity index (χ0v) is 13.1. The van der Waals surface area contributed by atoms with E-state index in [-0.39, 0.29) is 5.60 Å². The van der Waals surface area contributed by atoms with Crippen LogP contribution in [0.25, 0.3) is 0 Å². The van der Waals surface area contributed by atoms with E-state index in [2.05, 4.69) is 22.5 Å². The Labute approximate surface area is 130 Å². The van der Waals surface area contributed by atoms with E-state index in [1.54, 1.807) is 7.05 Å². The normalized spacial score (nSPS) is 21.9. The van der Waals surface area contributed by atoms with Crippen molar-refractivity contribution in [1.82, 2.24) is 10.6 Å². The first-order valence-corrected chi connectivity index (χ1v) is 7.54. The molecule has 1 aliphatic heterocycles. The molecule has 0 spiro atoms. The highest BCUT2D eigenvalue weighted by atomic mass is 19.1. The molecule has 0 amide bonds. The van der Waals surface area contributed by atoms with Gasteiger partial charge in [-0.25, -0.2) is 8.78 Å². The van der Waals surface area contributed by atoms with Crippen molar-refractivity contribution in [3.8, 4) is 0 Å². The summed E-state index contributed by atoms with van der Waals surface area (Å²) >= 11 is 0. The second kappa shape index (κ2) is 7.54. The standard InChI is InChI=1S/C16H23F2N3O/c1-16(5-3-7-22-16)11-21-15(19-2)20-6-4-12-8-13(17)10-14(18)9-12/h8-10H,3-7,11H2,1-2H3,(H2,19,20,21). The van der Waals surface area contributed by atoms with Crippen molar-refractivity contribution in [2.75, 3.05) is 26.7 Å². The third-order valence-electron chi connectivity index (χ3n) is 3.78.